The Kier molecular flexibility index (Phi) is 8.41. The molecule has 9 nitrogen and oxygen atoms in total. The van der Waals surface area contributed by atoms with E-state index in [2.05, 4.69) is 25.6 Å². The number of ether oxygens (including phenoxy) is 1. The first-order valence-corrected chi connectivity index (χ1v) is 12.7. The molecular formula is C27H30ClFN6O3. The van der Waals surface area contributed by atoms with Crippen molar-refractivity contribution in [1.29, 1.82) is 0 Å². The molecule has 0 saturated carbocycles. The maximum absolute atomic E-state index is 13.9. The summed E-state index contributed by atoms with van der Waals surface area (Å²) in [4.78, 5) is 40.0. The summed E-state index contributed by atoms with van der Waals surface area (Å²) in [5, 5.41) is 6.23. The molecule has 0 radical (unpaired) electrons. The van der Waals surface area contributed by atoms with Crippen LogP contribution in [0.3, 0.4) is 0 Å². The number of carbonyl (C=O) groups is 2. The van der Waals surface area contributed by atoms with Gasteiger partial charge in [-0.1, -0.05) is 29.8 Å². The molecule has 2 aromatic heterocycles. The lowest BCUT2D eigenvalue weighted by atomic mass is 9.97. The van der Waals surface area contributed by atoms with Gasteiger partial charge in [0.2, 0.25) is 5.91 Å². The molecule has 3 heterocycles. The number of anilines is 2. The third-order valence-electron chi connectivity index (χ3n) is 5.88. The summed E-state index contributed by atoms with van der Waals surface area (Å²) in [5.74, 6) is -0.217. The minimum absolute atomic E-state index is 0.234. The second-order valence-electron chi connectivity index (χ2n) is 10.0. The van der Waals surface area contributed by atoms with Crippen molar-refractivity contribution in [3.8, 4) is 11.3 Å². The lowest BCUT2D eigenvalue weighted by Gasteiger charge is -2.33. The van der Waals surface area contributed by atoms with Gasteiger partial charge < -0.3 is 20.3 Å². The quantitative estimate of drug-likeness (QED) is 0.423. The molecule has 2 amide bonds. The first-order chi connectivity index (χ1) is 18.1. The molecule has 3 aromatic rings. The minimum Gasteiger partial charge on any atom is -0.444 e. The topological polar surface area (TPSA) is 109 Å². The number of halogens is 2. The second-order valence-corrected chi connectivity index (χ2v) is 10.4. The van der Waals surface area contributed by atoms with E-state index < -0.39 is 17.6 Å². The van der Waals surface area contributed by atoms with Crippen LogP contribution in [0.1, 0.15) is 39.2 Å². The largest absolute Gasteiger partial charge is 0.444 e. The van der Waals surface area contributed by atoms with Gasteiger partial charge in [0.25, 0.3) is 0 Å². The number of nitrogens with one attached hydrogen (secondary N) is 2. The Labute approximate surface area is 225 Å². The Morgan fingerprint density at radius 2 is 1.97 bits per heavy atom. The number of nitrogens with zero attached hydrogens (tertiary/aromatic N) is 4. The Bertz CT molecular complexity index is 1320. The van der Waals surface area contributed by atoms with Gasteiger partial charge in [-0.2, -0.15) is 0 Å². The number of rotatable bonds is 6. The van der Waals surface area contributed by atoms with E-state index in [9.17, 15) is 14.0 Å². The van der Waals surface area contributed by atoms with Crippen LogP contribution in [0.5, 0.6) is 0 Å². The molecule has 4 rings (SSSR count). The number of piperidine rings is 1. The van der Waals surface area contributed by atoms with Gasteiger partial charge in [-0.25, -0.2) is 19.2 Å². The van der Waals surface area contributed by atoms with Gasteiger partial charge in [0, 0.05) is 37.0 Å². The van der Waals surface area contributed by atoms with Crippen molar-refractivity contribution in [3.05, 3.63) is 65.3 Å². The summed E-state index contributed by atoms with van der Waals surface area (Å²) < 4.78 is 19.4. The molecule has 1 saturated heterocycles. The van der Waals surface area contributed by atoms with Crippen LogP contribution in [0.4, 0.5) is 20.8 Å². The summed E-state index contributed by atoms with van der Waals surface area (Å²) >= 11 is 6.40. The highest BCUT2D eigenvalue weighted by atomic mass is 35.5. The van der Waals surface area contributed by atoms with Crippen molar-refractivity contribution in [2.75, 3.05) is 23.7 Å². The second kappa shape index (κ2) is 11.7. The number of benzene rings is 1. The lowest BCUT2D eigenvalue weighted by molar-refractivity contribution is -0.121. The molecule has 1 aliphatic rings. The van der Waals surface area contributed by atoms with E-state index in [1.807, 2.05) is 20.8 Å². The smallest absolute Gasteiger partial charge is 0.410 e. The maximum atomic E-state index is 13.9. The zero-order valence-corrected chi connectivity index (χ0v) is 22.3. The summed E-state index contributed by atoms with van der Waals surface area (Å²) in [5.41, 5.74) is 0.876. The van der Waals surface area contributed by atoms with E-state index in [4.69, 9.17) is 16.3 Å². The fourth-order valence-electron chi connectivity index (χ4n) is 4.02. The molecule has 2 N–H and O–H groups in total. The average molecular weight is 541 g/mol. The van der Waals surface area contributed by atoms with Crippen LogP contribution >= 0.6 is 11.6 Å². The molecule has 0 spiro atoms. The van der Waals surface area contributed by atoms with Crippen LogP contribution in [-0.4, -0.2) is 50.5 Å². The highest BCUT2D eigenvalue weighted by Gasteiger charge is 2.31. The fourth-order valence-corrected chi connectivity index (χ4v) is 4.22. The first-order valence-electron chi connectivity index (χ1n) is 12.3. The monoisotopic (exact) mass is 540 g/mol. The molecule has 38 heavy (non-hydrogen) atoms. The number of likely N-dealkylation sites (tertiary alicyclic amines) is 1. The summed E-state index contributed by atoms with van der Waals surface area (Å²) in [6, 6.07) is 8.10. The molecule has 1 aliphatic heterocycles. The molecule has 0 aliphatic carbocycles. The zero-order valence-electron chi connectivity index (χ0n) is 21.5. The normalized spacial score (nSPS) is 15.6. The van der Waals surface area contributed by atoms with Gasteiger partial charge in [0.05, 0.1) is 29.0 Å². The highest BCUT2D eigenvalue weighted by Crippen LogP contribution is 2.29. The summed E-state index contributed by atoms with van der Waals surface area (Å²) in [6.07, 6.45) is 5.42. The van der Waals surface area contributed by atoms with E-state index in [0.29, 0.717) is 52.9 Å². The molecule has 11 heteroatoms. The van der Waals surface area contributed by atoms with E-state index in [-0.39, 0.29) is 24.8 Å². The van der Waals surface area contributed by atoms with Crippen molar-refractivity contribution in [2.45, 2.75) is 45.8 Å². The predicted octanol–water partition coefficient (Wildman–Crippen LogP) is 5.53. The van der Waals surface area contributed by atoms with E-state index in [1.54, 1.807) is 35.4 Å². The summed E-state index contributed by atoms with van der Waals surface area (Å²) in [7, 11) is 0. The Balaban J connectivity index is 1.43. The van der Waals surface area contributed by atoms with Crippen molar-refractivity contribution in [3.63, 3.8) is 0 Å². The van der Waals surface area contributed by atoms with Crippen molar-refractivity contribution in [1.82, 2.24) is 19.9 Å². The van der Waals surface area contributed by atoms with Crippen LogP contribution in [0.15, 0.2) is 48.9 Å². The Morgan fingerprint density at radius 1 is 1.18 bits per heavy atom. The third-order valence-corrected chi connectivity index (χ3v) is 6.18. The molecule has 0 bridgehead atoms. The number of hydrogen-bond donors (Lipinski definition) is 2. The maximum Gasteiger partial charge on any atom is 0.410 e. The standard InChI is InChI=1S/C27H30ClFN6O3/c1-27(2,3)38-26(37)35-10-6-8-18(16-35)25(36)34-23-11-19(20(28)13-32-23)22-14-30-15-24(33-22)31-12-17-7-4-5-9-21(17)29/h4-5,7,9,11,13-15,18H,6,8,10,12,16H2,1-3H3,(H,31,33)(H,32,34,36). The number of hydrogen-bond acceptors (Lipinski definition) is 7. The predicted molar refractivity (Wildman–Crippen MR) is 143 cm³/mol. The third kappa shape index (κ3) is 7.16. The van der Waals surface area contributed by atoms with Crippen LogP contribution in [0.2, 0.25) is 5.02 Å². The summed E-state index contributed by atoms with van der Waals surface area (Å²) in [6.45, 7) is 6.47. The van der Waals surface area contributed by atoms with Crippen LogP contribution in [0.25, 0.3) is 11.3 Å². The SMILES string of the molecule is CC(C)(C)OC(=O)N1CCCC(C(=O)Nc2cc(-c3cncc(NCc4ccccc4F)n3)c(Cl)cn2)C1. The number of aromatic nitrogens is 3. The number of pyridine rings is 1. The van der Waals surface area contributed by atoms with Gasteiger partial charge in [0.15, 0.2) is 0 Å². The molecule has 200 valence electrons. The van der Waals surface area contributed by atoms with Crippen molar-refractivity contribution >= 4 is 35.2 Å². The van der Waals surface area contributed by atoms with E-state index >= 15 is 0 Å². The zero-order chi connectivity index (χ0) is 27.3. The Hall–Kier alpha value is -3.79. The van der Waals surface area contributed by atoms with Crippen LogP contribution in [0, 0.1) is 11.7 Å². The van der Waals surface area contributed by atoms with E-state index in [1.165, 1.54) is 18.5 Å². The Morgan fingerprint density at radius 3 is 2.74 bits per heavy atom. The molecule has 1 unspecified atom stereocenters. The van der Waals surface area contributed by atoms with Crippen molar-refractivity contribution in [2.24, 2.45) is 5.92 Å². The fraction of sp³-hybridized carbons (Fsp3) is 0.370. The van der Waals surface area contributed by atoms with Gasteiger partial charge >= 0.3 is 6.09 Å². The lowest BCUT2D eigenvalue weighted by Crippen LogP contribution is -2.45. The number of amides is 2. The molecular weight excluding hydrogens is 511 g/mol. The average Bonchev–Trinajstić information content (AvgIpc) is 2.88. The first kappa shape index (κ1) is 27.3. The van der Waals surface area contributed by atoms with Gasteiger partial charge in [0.1, 0.15) is 23.1 Å². The van der Waals surface area contributed by atoms with E-state index in [0.717, 1.165) is 0 Å². The van der Waals surface area contributed by atoms with Crippen LogP contribution in [-0.2, 0) is 16.1 Å². The molecule has 1 fully saturated rings. The molecule has 1 atom stereocenters. The van der Waals surface area contributed by atoms with Gasteiger partial charge in [-0.05, 0) is 45.7 Å². The van der Waals surface area contributed by atoms with Gasteiger partial charge in [-0.15, -0.1) is 0 Å². The minimum atomic E-state index is -0.608. The van der Waals surface area contributed by atoms with Gasteiger partial charge in [-0.3, -0.25) is 9.78 Å². The van der Waals surface area contributed by atoms with Crippen molar-refractivity contribution < 1.29 is 18.7 Å². The van der Waals surface area contributed by atoms with Crippen LogP contribution < -0.4 is 10.6 Å². The molecule has 1 aromatic carbocycles. The number of carbonyl (C=O) groups excluding carboxylic acids is 2. The highest BCUT2D eigenvalue weighted by molar-refractivity contribution is 6.33.